The minimum Gasteiger partial charge on any atom is -0.361 e. The van der Waals surface area contributed by atoms with Crippen LogP contribution in [-0.2, 0) is 4.79 Å². The van der Waals surface area contributed by atoms with E-state index in [1.54, 1.807) is 10.6 Å². The molecule has 1 N–H and O–H groups in total. The molecule has 2 aromatic heterocycles. The molecule has 4 rings (SSSR count). The van der Waals surface area contributed by atoms with Gasteiger partial charge in [0, 0.05) is 34.6 Å². The highest BCUT2D eigenvalue weighted by atomic mass is 79.9. The van der Waals surface area contributed by atoms with Gasteiger partial charge in [0.05, 0.1) is 22.6 Å². The van der Waals surface area contributed by atoms with Crippen LogP contribution in [0.15, 0.2) is 56.4 Å². The van der Waals surface area contributed by atoms with Crippen LogP contribution in [0.2, 0.25) is 0 Å². The summed E-state index contributed by atoms with van der Waals surface area (Å²) in [6, 6.07) is 9.53. The Morgan fingerprint density at radius 3 is 2.63 bits per heavy atom. The van der Waals surface area contributed by atoms with Crippen molar-refractivity contribution in [2.45, 2.75) is 20.8 Å². The molecule has 0 saturated heterocycles. The van der Waals surface area contributed by atoms with Gasteiger partial charge in [0.2, 0.25) is 5.91 Å². The third-order valence-electron chi connectivity index (χ3n) is 4.83. The summed E-state index contributed by atoms with van der Waals surface area (Å²) >= 11 is 3.27. The van der Waals surface area contributed by atoms with Gasteiger partial charge in [-0.05, 0) is 59.6 Å². The average Bonchev–Trinajstić information content (AvgIpc) is 3.02. The number of nitrogens with zero attached hydrogens (tertiary/aromatic N) is 2. The molecule has 0 aliphatic heterocycles. The average molecular weight is 470 g/mol. The number of nitrogens with one attached hydrogen (secondary N) is 1. The Hall–Kier alpha value is -3.26. The first-order valence-corrected chi connectivity index (χ1v) is 9.91. The van der Waals surface area contributed by atoms with Crippen molar-refractivity contribution in [3.63, 3.8) is 0 Å². The summed E-state index contributed by atoms with van der Waals surface area (Å²) in [7, 11) is 0. The summed E-state index contributed by atoms with van der Waals surface area (Å²) in [6.45, 7) is 5.02. The number of aromatic nitrogens is 2. The standard InChI is InChI=1S/C22H17BrFN3O3/c1-11-22(12(2)30-26-11)14-4-5-15-19(8-14)27(7-6-21(15)29)20-10-18(25-13(3)28)16(23)9-17(20)24/h4-10H,1-3H3,(H,25,28). The van der Waals surface area contributed by atoms with Gasteiger partial charge >= 0.3 is 0 Å². The number of carbonyl (C=O) groups is 1. The van der Waals surface area contributed by atoms with Crippen molar-refractivity contribution in [2.24, 2.45) is 0 Å². The normalized spacial score (nSPS) is 11.1. The molecule has 30 heavy (non-hydrogen) atoms. The van der Waals surface area contributed by atoms with Crippen molar-refractivity contribution in [3.05, 3.63) is 74.6 Å². The number of rotatable bonds is 3. The predicted octanol–water partition coefficient (Wildman–Crippen LogP) is 5.12. The Bertz CT molecular complexity index is 1350. The van der Waals surface area contributed by atoms with Crippen LogP contribution in [0.4, 0.5) is 10.1 Å². The number of halogens is 2. The summed E-state index contributed by atoms with van der Waals surface area (Å²) in [5.41, 5.74) is 3.32. The van der Waals surface area contributed by atoms with Gasteiger partial charge in [0.15, 0.2) is 5.43 Å². The fourth-order valence-electron chi connectivity index (χ4n) is 3.52. The molecule has 1 amide bonds. The van der Waals surface area contributed by atoms with E-state index < -0.39 is 5.82 Å². The van der Waals surface area contributed by atoms with Crippen LogP contribution in [0, 0.1) is 19.7 Å². The molecule has 0 aliphatic carbocycles. The largest absolute Gasteiger partial charge is 0.361 e. The molecule has 0 spiro atoms. The molecule has 0 radical (unpaired) electrons. The van der Waals surface area contributed by atoms with Crippen molar-refractivity contribution in [1.29, 1.82) is 0 Å². The third kappa shape index (κ3) is 3.43. The smallest absolute Gasteiger partial charge is 0.221 e. The third-order valence-corrected chi connectivity index (χ3v) is 5.48. The Morgan fingerprint density at radius 2 is 1.97 bits per heavy atom. The zero-order chi connectivity index (χ0) is 21.6. The fraction of sp³-hybridized carbons (Fsp3) is 0.136. The van der Waals surface area contributed by atoms with Crippen molar-refractivity contribution >= 4 is 38.4 Å². The van der Waals surface area contributed by atoms with Gasteiger partial charge in [-0.15, -0.1) is 0 Å². The van der Waals surface area contributed by atoms with Crippen LogP contribution >= 0.6 is 15.9 Å². The van der Waals surface area contributed by atoms with E-state index in [0.717, 1.165) is 16.8 Å². The number of aryl methyl sites for hydroxylation is 2. The van der Waals surface area contributed by atoms with Gasteiger partial charge in [-0.2, -0.15) is 0 Å². The quantitative estimate of drug-likeness (QED) is 0.451. The lowest BCUT2D eigenvalue weighted by molar-refractivity contribution is -0.114. The lowest BCUT2D eigenvalue weighted by Gasteiger charge is -2.15. The zero-order valence-electron chi connectivity index (χ0n) is 16.4. The molecule has 0 bridgehead atoms. The van der Waals surface area contributed by atoms with Gasteiger partial charge in [-0.3, -0.25) is 9.59 Å². The molecule has 4 aromatic rings. The molecule has 152 valence electrons. The van der Waals surface area contributed by atoms with Crippen molar-refractivity contribution in [1.82, 2.24) is 9.72 Å². The highest BCUT2D eigenvalue weighted by molar-refractivity contribution is 9.10. The highest BCUT2D eigenvalue weighted by Crippen LogP contribution is 2.32. The maximum atomic E-state index is 14.9. The number of hydrogen-bond donors (Lipinski definition) is 1. The van der Waals surface area contributed by atoms with E-state index in [4.69, 9.17) is 4.52 Å². The molecule has 0 unspecified atom stereocenters. The number of hydrogen-bond acceptors (Lipinski definition) is 4. The fourth-order valence-corrected chi connectivity index (χ4v) is 3.93. The first-order chi connectivity index (χ1) is 14.3. The molecule has 0 saturated carbocycles. The topological polar surface area (TPSA) is 77.1 Å². The van der Waals surface area contributed by atoms with Crippen LogP contribution in [0.1, 0.15) is 18.4 Å². The number of fused-ring (bicyclic) bond motifs is 1. The van der Waals surface area contributed by atoms with E-state index >= 15 is 0 Å². The van der Waals surface area contributed by atoms with Crippen molar-refractivity contribution in [3.8, 4) is 16.8 Å². The van der Waals surface area contributed by atoms with Crippen LogP contribution < -0.4 is 10.7 Å². The minimum atomic E-state index is -0.510. The van der Waals surface area contributed by atoms with E-state index in [1.165, 1.54) is 31.3 Å². The molecule has 6 nitrogen and oxygen atoms in total. The van der Waals surface area contributed by atoms with Gasteiger partial charge in [0.25, 0.3) is 0 Å². The van der Waals surface area contributed by atoms with Gasteiger partial charge < -0.3 is 14.4 Å². The summed E-state index contributed by atoms with van der Waals surface area (Å²) in [6.07, 6.45) is 1.52. The second kappa shape index (κ2) is 7.53. The van der Waals surface area contributed by atoms with E-state index in [2.05, 4.69) is 26.4 Å². The Balaban J connectivity index is 2.00. The number of carbonyl (C=O) groups excluding carboxylic acids is 1. The molecule has 8 heteroatoms. The Morgan fingerprint density at radius 1 is 1.20 bits per heavy atom. The molecular formula is C22H17BrFN3O3. The van der Waals surface area contributed by atoms with Crippen LogP contribution in [0.5, 0.6) is 0 Å². The first kappa shape index (κ1) is 20.0. The molecule has 0 aliphatic rings. The molecule has 2 aromatic carbocycles. The summed E-state index contributed by atoms with van der Waals surface area (Å²) in [5.74, 6) is -0.137. The van der Waals surface area contributed by atoms with Gasteiger partial charge in [-0.1, -0.05) is 11.2 Å². The van der Waals surface area contributed by atoms with E-state index in [1.807, 2.05) is 26.0 Å². The number of benzene rings is 2. The maximum absolute atomic E-state index is 14.9. The number of anilines is 1. The van der Waals surface area contributed by atoms with Crippen LogP contribution in [-0.4, -0.2) is 15.6 Å². The summed E-state index contributed by atoms with van der Waals surface area (Å²) in [4.78, 5) is 23.9. The number of amides is 1. The van der Waals surface area contributed by atoms with Crippen LogP contribution in [0.3, 0.4) is 0 Å². The van der Waals surface area contributed by atoms with Crippen molar-refractivity contribution < 1.29 is 13.7 Å². The Kier molecular flexibility index (Phi) is 5.03. The predicted molar refractivity (Wildman–Crippen MR) is 116 cm³/mol. The second-order valence-electron chi connectivity index (χ2n) is 6.95. The van der Waals surface area contributed by atoms with Crippen LogP contribution in [0.25, 0.3) is 27.7 Å². The molecule has 2 heterocycles. The lowest BCUT2D eigenvalue weighted by atomic mass is 10.0. The highest BCUT2D eigenvalue weighted by Gasteiger charge is 2.16. The van der Waals surface area contributed by atoms with E-state index in [9.17, 15) is 14.0 Å². The summed E-state index contributed by atoms with van der Waals surface area (Å²) < 4.78 is 22.2. The second-order valence-corrected chi connectivity index (χ2v) is 7.80. The van der Waals surface area contributed by atoms with E-state index in [0.29, 0.717) is 26.8 Å². The zero-order valence-corrected chi connectivity index (χ0v) is 18.0. The van der Waals surface area contributed by atoms with E-state index in [-0.39, 0.29) is 17.0 Å². The minimum absolute atomic E-state index is 0.175. The molecule has 0 atom stereocenters. The lowest BCUT2D eigenvalue weighted by Crippen LogP contribution is -2.10. The van der Waals surface area contributed by atoms with Gasteiger partial charge in [0.1, 0.15) is 11.6 Å². The SMILES string of the molecule is CC(=O)Nc1cc(-n2ccc(=O)c3ccc(-c4c(C)noc4C)cc32)c(F)cc1Br. The molecular weight excluding hydrogens is 453 g/mol. The Labute approximate surface area is 179 Å². The number of pyridine rings is 1. The first-order valence-electron chi connectivity index (χ1n) is 9.12. The van der Waals surface area contributed by atoms with Crippen molar-refractivity contribution in [2.75, 3.05) is 5.32 Å². The monoisotopic (exact) mass is 469 g/mol. The summed E-state index contributed by atoms with van der Waals surface area (Å²) in [5, 5.41) is 7.10. The molecule has 0 fully saturated rings. The van der Waals surface area contributed by atoms with Gasteiger partial charge in [-0.25, -0.2) is 4.39 Å². The maximum Gasteiger partial charge on any atom is 0.221 e.